The fourth-order valence-corrected chi connectivity index (χ4v) is 5.28. The highest BCUT2D eigenvalue weighted by Gasteiger charge is 2.37. The molecular formula is C23H27N3O5S. The van der Waals surface area contributed by atoms with Crippen molar-refractivity contribution in [2.45, 2.75) is 38.5 Å². The van der Waals surface area contributed by atoms with E-state index in [0.29, 0.717) is 49.0 Å². The molecule has 1 aliphatic heterocycles. The van der Waals surface area contributed by atoms with Gasteiger partial charge in [-0.3, -0.25) is 19.7 Å². The fourth-order valence-electron chi connectivity index (χ4n) is 4.25. The molecule has 0 radical (unpaired) electrons. The van der Waals surface area contributed by atoms with E-state index in [2.05, 4.69) is 10.3 Å². The number of aromatic nitrogens is 1. The van der Waals surface area contributed by atoms with Crippen LogP contribution in [0.2, 0.25) is 0 Å². The van der Waals surface area contributed by atoms with Gasteiger partial charge in [0.2, 0.25) is 5.91 Å². The van der Waals surface area contributed by atoms with Crippen LogP contribution < -0.4 is 10.1 Å². The van der Waals surface area contributed by atoms with Gasteiger partial charge >= 0.3 is 5.97 Å². The Kier molecular flexibility index (Phi) is 6.74. The van der Waals surface area contributed by atoms with Crippen LogP contribution in [-0.4, -0.2) is 54.5 Å². The van der Waals surface area contributed by atoms with Crippen LogP contribution in [-0.2, 0) is 20.7 Å². The average molecular weight is 458 g/mol. The van der Waals surface area contributed by atoms with Crippen molar-refractivity contribution in [3.8, 4) is 5.75 Å². The molecule has 9 heteroatoms. The van der Waals surface area contributed by atoms with E-state index in [9.17, 15) is 14.4 Å². The first kappa shape index (κ1) is 22.3. The lowest BCUT2D eigenvalue weighted by atomic mass is 9.95. The predicted molar refractivity (Wildman–Crippen MR) is 120 cm³/mol. The molecular weight excluding hydrogens is 430 g/mol. The number of nitrogens with zero attached hydrogens (tertiary/aromatic N) is 2. The summed E-state index contributed by atoms with van der Waals surface area (Å²) in [5, 5.41) is 3.35. The molecule has 8 nitrogen and oxygen atoms in total. The minimum atomic E-state index is -0.285. The molecule has 170 valence electrons. The topological polar surface area (TPSA) is 97.8 Å². The Morgan fingerprint density at radius 1 is 1.16 bits per heavy atom. The van der Waals surface area contributed by atoms with Gasteiger partial charge in [0, 0.05) is 23.5 Å². The third-order valence-corrected chi connectivity index (χ3v) is 7.06. The highest BCUT2D eigenvalue weighted by Crippen LogP contribution is 2.40. The monoisotopic (exact) mass is 457 g/mol. The molecule has 2 aliphatic rings. The molecule has 1 unspecified atom stereocenters. The molecule has 1 fully saturated rings. The van der Waals surface area contributed by atoms with Crippen molar-refractivity contribution >= 4 is 34.3 Å². The number of rotatable bonds is 6. The Morgan fingerprint density at radius 2 is 1.88 bits per heavy atom. The lowest BCUT2D eigenvalue weighted by Gasteiger charge is -2.32. The molecule has 1 N–H and O–H groups in total. The first-order chi connectivity index (χ1) is 15.5. The second kappa shape index (κ2) is 9.68. The second-order valence-electron chi connectivity index (χ2n) is 7.95. The average Bonchev–Trinajstić information content (AvgIpc) is 3.39. The number of piperidine rings is 1. The third-order valence-electron chi connectivity index (χ3n) is 6.02. The van der Waals surface area contributed by atoms with Gasteiger partial charge in [0.15, 0.2) is 5.13 Å². The van der Waals surface area contributed by atoms with E-state index in [4.69, 9.17) is 9.47 Å². The van der Waals surface area contributed by atoms with Gasteiger partial charge < -0.3 is 14.4 Å². The van der Waals surface area contributed by atoms with Crippen molar-refractivity contribution < 1.29 is 23.9 Å². The van der Waals surface area contributed by atoms with Crippen molar-refractivity contribution in [3.63, 3.8) is 0 Å². The maximum Gasteiger partial charge on any atom is 0.309 e. The molecule has 32 heavy (non-hydrogen) atoms. The fraction of sp³-hybridized carbons (Fsp3) is 0.478. The van der Waals surface area contributed by atoms with Crippen LogP contribution in [0, 0.1) is 5.92 Å². The lowest BCUT2D eigenvalue weighted by molar-refractivity contribution is -0.151. The van der Waals surface area contributed by atoms with Crippen LogP contribution >= 0.6 is 11.3 Å². The largest absolute Gasteiger partial charge is 0.497 e. The van der Waals surface area contributed by atoms with Crippen LogP contribution in [0.4, 0.5) is 5.13 Å². The first-order valence-corrected chi connectivity index (χ1v) is 11.7. The number of thiazole rings is 1. The number of likely N-dealkylation sites (tertiary alicyclic amines) is 1. The summed E-state index contributed by atoms with van der Waals surface area (Å²) in [7, 11) is 1.58. The molecule has 2 heterocycles. The number of carbonyl (C=O) groups is 3. The highest BCUT2D eigenvalue weighted by molar-refractivity contribution is 7.16. The molecule has 0 saturated carbocycles. The molecule has 4 rings (SSSR count). The molecule has 1 saturated heterocycles. The number of aryl methyl sites for hydroxylation is 1. The number of anilines is 1. The number of ether oxygens (including phenoxy) is 2. The van der Waals surface area contributed by atoms with Crippen molar-refractivity contribution in [2.75, 3.05) is 32.1 Å². The van der Waals surface area contributed by atoms with Gasteiger partial charge in [-0.05, 0) is 56.9 Å². The Morgan fingerprint density at radius 3 is 2.53 bits per heavy atom. The predicted octanol–water partition coefficient (Wildman–Crippen LogP) is 3.24. The van der Waals surface area contributed by atoms with E-state index < -0.39 is 0 Å². The lowest BCUT2D eigenvalue weighted by Crippen LogP contribution is -2.42. The second-order valence-corrected chi connectivity index (χ2v) is 9.04. The van der Waals surface area contributed by atoms with Crippen LogP contribution in [0.15, 0.2) is 24.3 Å². The van der Waals surface area contributed by atoms with E-state index in [1.807, 2.05) is 4.90 Å². The number of nitrogens with one attached hydrogen (secondary N) is 1. The van der Waals surface area contributed by atoms with Gasteiger partial charge in [-0.25, -0.2) is 4.98 Å². The maximum absolute atomic E-state index is 13.2. The zero-order valence-electron chi connectivity index (χ0n) is 18.3. The molecule has 1 aromatic heterocycles. The summed E-state index contributed by atoms with van der Waals surface area (Å²) in [6.45, 7) is 3.29. The quantitative estimate of drug-likeness (QED) is 0.669. The Balaban J connectivity index is 1.37. The normalized spacial score (nSPS) is 18.2. The third kappa shape index (κ3) is 4.62. The zero-order valence-corrected chi connectivity index (χ0v) is 19.1. The molecule has 0 spiro atoms. The number of fused-ring (bicyclic) bond motifs is 1. The van der Waals surface area contributed by atoms with Crippen molar-refractivity contribution in [1.82, 2.24) is 9.88 Å². The van der Waals surface area contributed by atoms with Crippen LogP contribution in [0.3, 0.4) is 0 Å². The molecule has 1 aliphatic carbocycles. The summed E-state index contributed by atoms with van der Waals surface area (Å²) in [6.07, 6.45) is 2.77. The van der Waals surface area contributed by atoms with Crippen LogP contribution in [0.25, 0.3) is 0 Å². The maximum atomic E-state index is 13.2. The number of carbonyl (C=O) groups excluding carboxylic acids is 3. The summed E-state index contributed by atoms with van der Waals surface area (Å²) < 4.78 is 10.2. The number of methoxy groups -OCH3 is 1. The van der Waals surface area contributed by atoms with Gasteiger partial charge in [0.1, 0.15) is 5.75 Å². The summed E-state index contributed by atoms with van der Waals surface area (Å²) in [5.41, 5.74) is 1.29. The summed E-state index contributed by atoms with van der Waals surface area (Å²) in [4.78, 5) is 45.1. The van der Waals surface area contributed by atoms with Crippen molar-refractivity contribution in [2.24, 2.45) is 5.92 Å². The molecule has 2 amide bonds. The van der Waals surface area contributed by atoms with Gasteiger partial charge in [-0.15, -0.1) is 11.3 Å². The minimum Gasteiger partial charge on any atom is -0.497 e. The molecule has 1 atom stereocenters. The van der Waals surface area contributed by atoms with Gasteiger partial charge in [0.25, 0.3) is 5.91 Å². The first-order valence-electron chi connectivity index (χ1n) is 10.9. The Hall–Kier alpha value is -2.94. The van der Waals surface area contributed by atoms with E-state index in [0.717, 1.165) is 23.4 Å². The summed E-state index contributed by atoms with van der Waals surface area (Å²) in [6, 6.07) is 6.86. The number of esters is 1. The van der Waals surface area contributed by atoms with Crippen LogP contribution in [0.1, 0.15) is 53.0 Å². The van der Waals surface area contributed by atoms with Gasteiger partial charge in [-0.2, -0.15) is 0 Å². The van der Waals surface area contributed by atoms with Crippen LogP contribution in [0.5, 0.6) is 5.75 Å². The summed E-state index contributed by atoms with van der Waals surface area (Å²) >= 11 is 1.43. The summed E-state index contributed by atoms with van der Waals surface area (Å²) in [5.74, 6) is -0.0838. The number of hydrogen-bond acceptors (Lipinski definition) is 7. The van der Waals surface area contributed by atoms with Crippen molar-refractivity contribution in [1.29, 1.82) is 0 Å². The SMILES string of the molecule is CCOC(=O)C1CCN(C(=O)C2CCc3sc(NC(=O)c4ccc(OC)cc4)nc32)CC1. The number of benzene rings is 1. The van der Waals surface area contributed by atoms with E-state index in [1.165, 1.54) is 11.3 Å². The molecule has 0 bridgehead atoms. The van der Waals surface area contributed by atoms with E-state index >= 15 is 0 Å². The Labute approximate surface area is 190 Å². The minimum absolute atomic E-state index is 0.0596. The van der Waals surface area contributed by atoms with E-state index in [1.54, 1.807) is 38.3 Å². The van der Waals surface area contributed by atoms with E-state index in [-0.39, 0.29) is 29.6 Å². The smallest absolute Gasteiger partial charge is 0.309 e. The zero-order chi connectivity index (χ0) is 22.7. The number of hydrogen-bond donors (Lipinski definition) is 1. The molecule has 1 aromatic carbocycles. The van der Waals surface area contributed by atoms with Gasteiger partial charge in [-0.1, -0.05) is 0 Å². The number of amides is 2. The Bertz CT molecular complexity index is 996. The van der Waals surface area contributed by atoms with Gasteiger partial charge in [0.05, 0.1) is 31.2 Å². The highest BCUT2D eigenvalue weighted by atomic mass is 32.1. The standard InChI is InChI=1S/C23H27N3O5S/c1-3-31-22(29)15-10-12-26(13-11-15)21(28)17-8-9-18-19(17)24-23(32-18)25-20(27)14-4-6-16(30-2)7-5-14/h4-7,15,17H,3,8-13H2,1-2H3,(H,24,25,27). The van der Waals surface area contributed by atoms with Crippen molar-refractivity contribution in [3.05, 3.63) is 40.4 Å². The molecule has 2 aromatic rings.